The Hall–Kier alpha value is -3.34. The summed E-state index contributed by atoms with van der Waals surface area (Å²) in [7, 11) is 0. The van der Waals surface area contributed by atoms with Crippen molar-refractivity contribution < 1.29 is 0 Å². The second kappa shape index (κ2) is 10.6. The Morgan fingerprint density at radius 1 is 0.871 bits per heavy atom. The zero-order valence-corrected chi connectivity index (χ0v) is 18.0. The van der Waals surface area contributed by atoms with Crippen molar-refractivity contribution in [1.29, 1.82) is 0 Å². The summed E-state index contributed by atoms with van der Waals surface area (Å²) in [4.78, 5) is 11.2. The van der Waals surface area contributed by atoms with Crippen LogP contribution in [-0.4, -0.2) is 16.5 Å². The fraction of sp³-hybridized carbons (Fsp3) is 0.308. The lowest BCUT2D eigenvalue weighted by atomic mass is 9.97. The lowest BCUT2D eigenvalue weighted by molar-refractivity contribution is 0.679. The van der Waals surface area contributed by atoms with E-state index in [-0.39, 0.29) is 0 Å². The van der Waals surface area contributed by atoms with Crippen molar-refractivity contribution in [3.05, 3.63) is 89.8 Å². The quantitative estimate of drug-likeness (QED) is 0.449. The van der Waals surface area contributed by atoms with Crippen molar-refractivity contribution in [2.75, 3.05) is 22.5 Å². The predicted octanol–water partition coefficient (Wildman–Crippen LogP) is 5.57. The van der Waals surface area contributed by atoms with Crippen molar-refractivity contribution in [2.24, 2.45) is 0 Å². The number of benzene rings is 2. The first kappa shape index (κ1) is 20.9. The number of hydrogen-bond donors (Lipinski definition) is 2. The number of anilines is 3. The van der Waals surface area contributed by atoms with Gasteiger partial charge in [0.2, 0.25) is 0 Å². The maximum Gasteiger partial charge on any atom is 0.158 e. The molecule has 0 spiro atoms. The Morgan fingerprint density at radius 3 is 2.16 bits per heavy atom. The standard InChI is InChI=1S/C26H31N5/c27-24-25(28-17-16-21-10-4-1-5-11-21)29-20-30-26(24)31(18-22-12-6-2-7-13-22)19-23-14-8-3-9-15-23/h2-3,6-10,12-15,20H,1,4-5,11,16-19,27H2,(H,28,29,30). The van der Waals surface area contributed by atoms with Crippen molar-refractivity contribution in [3.8, 4) is 0 Å². The van der Waals surface area contributed by atoms with E-state index < -0.39 is 0 Å². The van der Waals surface area contributed by atoms with E-state index in [0.29, 0.717) is 11.5 Å². The van der Waals surface area contributed by atoms with E-state index in [0.717, 1.165) is 31.9 Å². The van der Waals surface area contributed by atoms with Crippen LogP contribution in [0.3, 0.4) is 0 Å². The van der Waals surface area contributed by atoms with Crippen molar-refractivity contribution in [2.45, 2.75) is 45.2 Å². The number of nitrogens with two attached hydrogens (primary N) is 1. The molecular weight excluding hydrogens is 382 g/mol. The summed E-state index contributed by atoms with van der Waals surface area (Å²) < 4.78 is 0. The van der Waals surface area contributed by atoms with Gasteiger partial charge in [-0.05, 0) is 43.2 Å². The fourth-order valence-corrected chi connectivity index (χ4v) is 4.07. The van der Waals surface area contributed by atoms with Gasteiger partial charge in [0.15, 0.2) is 11.6 Å². The van der Waals surface area contributed by atoms with Gasteiger partial charge in [-0.2, -0.15) is 0 Å². The van der Waals surface area contributed by atoms with Crippen molar-refractivity contribution >= 4 is 17.3 Å². The Kier molecular flexibility index (Phi) is 7.16. The number of allylic oxidation sites excluding steroid dienone is 1. The van der Waals surface area contributed by atoms with Crippen molar-refractivity contribution in [1.82, 2.24) is 9.97 Å². The highest BCUT2D eigenvalue weighted by Crippen LogP contribution is 2.29. The first-order chi connectivity index (χ1) is 15.3. The van der Waals surface area contributed by atoms with Crippen LogP contribution in [0.4, 0.5) is 17.3 Å². The van der Waals surface area contributed by atoms with Gasteiger partial charge in [0.05, 0.1) is 0 Å². The topological polar surface area (TPSA) is 67.1 Å². The molecule has 0 radical (unpaired) electrons. The van der Waals surface area contributed by atoms with Gasteiger partial charge in [-0.15, -0.1) is 0 Å². The van der Waals surface area contributed by atoms with E-state index in [1.54, 1.807) is 11.9 Å². The molecule has 0 unspecified atom stereocenters. The summed E-state index contributed by atoms with van der Waals surface area (Å²) in [6.07, 6.45) is 10.1. The summed E-state index contributed by atoms with van der Waals surface area (Å²) in [5.74, 6) is 1.48. The Morgan fingerprint density at radius 2 is 1.55 bits per heavy atom. The van der Waals surface area contributed by atoms with Gasteiger partial charge in [-0.3, -0.25) is 0 Å². The van der Waals surface area contributed by atoms with Gasteiger partial charge in [-0.1, -0.05) is 72.3 Å². The molecular formula is C26H31N5. The molecule has 2 aromatic carbocycles. The number of aromatic nitrogens is 2. The Labute approximate surface area is 185 Å². The molecule has 3 aromatic rings. The SMILES string of the molecule is Nc1c(NCCC2=CCCCC2)ncnc1N(Cc1ccccc1)Cc1ccccc1. The summed E-state index contributed by atoms with van der Waals surface area (Å²) in [6, 6.07) is 20.8. The molecule has 4 rings (SSSR count). The molecule has 0 fully saturated rings. The van der Waals surface area contributed by atoms with Crippen LogP contribution in [-0.2, 0) is 13.1 Å². The first-order valence-electron chi connectivity index (χ1n) is 11.1. The second-order valence-electron chi connectivity index (χ2n) is 8.07. The molecule has 5 nitrogen and oxygen atoms in total. The van der Waals surface area contributed by atoms with E-state index in [9.17, 15) is 0 Å². The first-order valence-corrected chi connectivity index (χ1v) is 11.1. The summed E-state index contributed by atoms with van der Waals surface area (Å²) in [5, 5.41) is 3.44. The van der Waals surface area contributed by atoms with Crippen LogP contribution in [0.2, 0.25) is 0 Å². The molecule has 31 heavy (non-hydrogen) atoms. The zero-order chi connectivity index (χ0) is 21.3. The minimum atomic E-state index is 0.604. The molecule has 0 saturated carbocycles. The average molecular weight is 414 g/mol. The third-order valence-corrected chi connectivity index (χ3v) is 5.72. The molecule has 0 saturated heterocycles. The van der Waals surface area contributed by atoms with Crippen LogP contribution < -0.4 is 16.0 Å². The molecule has 1 heterocycles. The fourth-order valence-electron chi connectivity index (χ4n) is 4.07. The van der Waals surface area contributed by atoms with Gasteiger partial charge in [-0.25, -0.2) is 9.97 Å². The molecule has 160 valence electrons. The molecule has 0 aliphatic heterocycles. The molecule has 3 N–H and O–H groups in total. The minimum absolute atomic E-state index is 0.604. The van der Waals surface area contributed by atoms with E-state index in [1.807, 2.05) is 12.1 Å². The number of rotatable bonds is 9. The summed E-state index contributed by atoms with van der Waals surface area (Å²) >= 11 is 0. The molecule has 1 aromatic heterocycles. The zero-order valence-electron chi connectivity index (χ0n) is 18.0. The van der Waals surface area contributed by atoms with E-state index in [4.69, 9.17) is 5.73 Å². The van der Waals surface area contributed by atoms with Crippen LogP contribution in [0.1, 0.15) is 43.2 Å². The number of nitrogens with one attached hydrogen (secondary N) is 1. The lowest BCUT2D eigenvalue weighted by Crippen LogP contribution is -2.25. The summed E-state index contributed by atoms with van der Waals surface area (Å²) in [6.45, 7) is 2.29. The van der Waals surface area contributed by atoms with Crippen LogP contribution in [0, 0.1) is 0 Å². The van der Waals surface area contributed by atoms with E-state index in [2.05, 4.69) is 74.8 Å². The minimum Gasteiger partial charge on any atom is -0.393 e. The van der Waals surface area contributed by atoms with Crippen LogP contribution in [0.15, 0.2) is 78.6 Å². The third-order valence-electron chi connectivity index (χ3n) is 5.72. The number of hydrogen-bond acceptors (Lipinski definition) is 5. The largest absolute Gasteiger partial charge is 0.393 e. The summed E-state index contributed by atoms with van der Waals surface area (Å²) in [5.41, 5.74) is 11.1. The van der Waals surface area contributed by atoms with E-state index in [1.165, 1.54) is 36.8 Å². The van der Waals surface area contributed by atoms with Gasteiger partial charge in [0, 0.05) is 19.6 Å². The normalized spacial score (nSPS) is 13.5. The van der Waals surface area contributed by atoms with Gasteiger partial charge in [0.1, 0.15) is 12.0 Å². The monoisotopic (exact) mass is 413 g/mol. The smallest absolute Gasteiger partial charge is 0.158 e. The van der Waals surface area contributed by atoms with Gasteiger partial charge < -0.3 is 16.0 Å². The molecule has 0 amide bonds. The maximum atomic E-state index is 6.57. The Balaban J connectivity index is 1.52. The highest BCUT2D eigenvalue weighted by atomic mass is 15.2. The molecule has 1 aliphatic rings. The molecule has 0 bridgehead atoms. The average Bonchev–Trinajstić information content (AvgIpc) is 2.82. The van der Waals surface area contributed by atoms with E-state index >= 15 is 0 Å². The van der Waals surface area contributed by atoms with Crippen LogP contribution >= 0.6 is 0 Å². The maximum absolute atomic E-state index is 6.57. The van der Waals surface area contributed by atoms with Crippen molar-refractivity contribution in [3.63, 3.8) is 0 Å². The molecule has 5 heteroatoms. The highest BCUT2D eigenvalue weighted by molar-refractivity contribution is 5.75. The third kappa shape index (κ3) is 5.85. The number of nitrogens with zero attached hydrogens (tertiary/aromatic N) is 3. The second-order valence-corrected chi connectivity index (χ2v) is 8.07. The molecule has 0 atom stereocenters. The van der Waals surface area contributed by atoms with Gasteiger partial charge in [0.25, 0.3) is 0 Å². The highest BCUT2D eigenvalue weighted by Gasteiger charge is 2.16. The van der Waals surface area contributed by atoms with Crippen LogP contribution in [0.25, 0.3) is 0 Å². The van der Waals surface area contributed by atoms with Gasteiger partial charge >= 0.3 is 0 Å². The number of nitrogen functional groups attached to an aromatic ring is 1. The van der Waals surface area contributed by atoms with Crippen LogP contribution in [0.5, 0.6) is 0 Å². The Bertz CT molecular complexity index is 944. The predicted molar refractivity (Wildman–Crippen MR) is 129 cm³/mol. The molecule has 1 aliphatic carbocycles. The lowest BCUT2D eigenvalue weighted by Gasteiger charge is -2.26.